The predicted molar refractivity (Wildman–Crippen MR) is 125 cm³/mol. The summed E-state index contributed by atoms with van der Waals surface area (Å²) in [5.74, 6) is 1.97. The molecule has 4 N–H and O–H groups in total. The summed E-state index contributed by atoms with van der Waals surface area (Å²) in [4.78, 5) is 17.2. The highest BCUT2D eigenvalue weighted by atomic mass is 16.5. The van der Waals surface area contributed by atoms with Gasteiger partial charge in [0.1, 0.15) is 11.4 Å². The van der Waals surface area contributed by atoms with E-state index in [2.05, 4.69) is 44.2 Å². The number of nitrogens with two attached hydrogens (primary N) is 2. The third-order valence-corrected chi connectivity index (χ3v) is 8.20. The molecule has 6 nitrogen and oxygen atoms in total. The number of rotatable bonds is 8. The van der Waals surface area contributed by atoms with Crippen LogP contribution in [0.5, 0.6) is 0 Å². The highest BCUT2D eigenvalue weighted by molar-refractivity contribution is 5.89. The molecule has 5 rings (SSSR count). The molecule has 4 saturated carbocycles. The molecule has 1 aromatic rings. The molecular weight excluding hydrogens is 400 g/mol. The van der Waals surface area contributed by atoms with Gasteiger partial charge in [-0.3, -0.25) is 9.79 Å². The van der Waals surface area contributed by atoms with Crippen LogP contribution in [0.25, 0.3) is 0 Å². The van der Waals surface area contributed by atoms with Gasteiger partial charge in [-0.05, 0) is 73.8 Å². The van der Waals surface area contributed by atoms with E-state index in [0.717, 1.165) is 37.7 Å². The summed E-state index contributed by atoms with van der Waals surface area (Å²) < 4.78 is 6.22. The summed E-state index contributed by atoms with van der Waals surface area (Å²) in [6.45, 7) is 6.57. The highest BCUT2D eigenvalue weighted by Crippen LogP contribution is 2.60. The summed E-state index contributed by atoms with van der Waals surface area (Å²) in [5, 5.41) is 9.46. The Morgan fingerprint density at radius 2 is 1.84 bits per heavy atom. The number of carbonyl (C=O) groups is 1. The summed E-state index contributed by atoms with van der Waals surface area (Å²) in [6, 6.07) is 10.7. The molecule has 4 fully saturated rings. The first-order valence-corrected chi connectivity index (χ1v) is 11.9. The first-order valence-electron chi connectivity index (χ1n) is 11.9. The molecule has 0 saturated heterocycles. The number of nitriles is 1. The van der Waals surface area contributed by atoms with Crippen LogP contribution in [0.15, 0.2) is 29.3 Å². The Kier molecular flexibility index (Phi) is 6.06. The van der Waals surface area contributed by atoms with Gasteiger partial charge in [0, 0.05) is 5.41 Å². The van der Waals surface area contributed by atoms with Gasteiger partial charge in [0.2, 0.25) is 5.91 Å². The summed E-state index contributed by atoms with van der Waals surface area (Å²) >= 11 is 0. The fraction of sp³-hybridized carbons (Fsp3) is 0.654. The van der Waals surface area contributed by atoms with Crippen LogP contribution in [0, 0.1) is 34.5 Å². The second kappa shape index (κ2) is 8.51. The second-order valence-electron chi connectivity index (χ2n) is 10.9. The third kappa shape index (κ3) is 4.15. The van der Waals surface area contributed by atoms with Gasteiger partial charge in [-0.1, -0.05) is 38.1 Å². The zero-order chi connectivity index (χ0) is 23.1. The van der Waals surface area contributed by atoms with E-state index in [1.54, 1.807) is 0 Å². The van der Waals surface area contributed by atoms with Gasteiger partial charge in [0.05, 0.1) is 25.1 Å². The van der Waals surface area contributed by atoms with Crippen molar-refractivity contribution < 1.29 is 9.53 Å². The Hall–Kier alpha value is -2.39. The second-order valence-corrected chi connectivity index (χ2v) is 10.9. The van der Waals surface area contributed by atoms with Crippen LogP contribution < -0.4 is 11.5 Å². The van der Waals surface area contributed by atoms with Crippen molar-refractivity contribution in [3.8, 4) is 6.07 Å². The molecule has 0 aliphatic heterocycles. The van der Waals surface area contributed by atoms with Crippen molar-refractivity contribution in [2.75, 3.05) is 0 Å². The fourth-order valence-corrected chi connectivity index (χ4v) is 6.41. The number of amidine groups is 1. The first-order chi connectivity index (χ1) is 15.2. The molecule has 6 heteroatoms. The molecule has 0 aromatic heterocycles. The number of nitrogens with zero attached hydrogens (tertiary/aromatic N) is 2. The monoisotopic (exact) mass is 436 g/mol. The molecule has 0 spiro atoms. The van der Waals surface area contributed by atoms with E-state index in [1.165, 1.54) is 5.56 Å². The lowest BCUT2D eigenvalue weighted by atomic mass is 9.48. The minimum Gasteiger partial charge on any atom is -0.385 e. The van der Waals surface area contributed by atoms with Crippen LogP contribution in [-0.2, 0) is 16.1 Å². The Labute approximate surface area is 191 Å². The zero-order valence-corrected chi connectivity index (χ0v) is 19.5. The van der Waals surface area contributed by atoms with Crippen LogP contribution >= 0.6 is 0 Å². The number of ether oxygens (including phenoxy) is 1. The van der Waals surface area contributed by atoms with Gasteiger partial charge in [0.25, 0.3) is 0 Å². The SMILES string of the molecule is CC(C)c1ccc(COC(C)(CC#N)C(N)=NC2C3CC4CC2CC(C(N)=O)(C4)C3)cc1. The molecule has 4 aliphatic rings. The largest absolute Gasteiger partial charge is 0.385 e. The van der Waals surface area contributed by atoms with Crippen molar-refractivity contribution in [2.24, 2.45) is 39.6 Å². The van der Waals surface area contributed by atoms with Crippen LogP contribution in [0.4, 0.5) is 0 Å². The minimum atomic E-state index is -0.943. The van der Waals surface area contributed by atoms with E-state index in [-0.39, 0.29) is 23.8 Å². The number of benzene rings is 1. The van der Waals surface area contributed by atoms with E-state index < -0.39 is 5.60 Å². The Morgan fingerprint density at radius 1 is 1.22 bits per heavy atom. The van der Waals surface area contributed by atoms with E-state index in [1.807, 2.05) is 6.92 Å². The van der Waals surface area contributed by atoms with E-state index in [0.29, 0.717) is 36.1 Å². The van der Waals surface area contributed by atoms with Crippen molar-refractivity contribution in [3.05, 3.63) is 35.4 Å². The lowest BCUT2D eigenvalue weighted by molar-refractivity contribution is -0.144. The van der Waals surface area contributed by atoms with Crippen LogP contribution in [-0.4, -0.2) is 23.4 Å². The Morgan fingerprint density at radius 3 is 2.38 bits per heavy atom. The van der Waals surface area contributed by atoms with Gasteiger partial charge in [-0.2, -0.15) is 5.26 Å². The minimum absolute atomic E-state index is 0.0889. The molecule has 4 bridgehead atoms. The van der Waals surface area contributed by atoms with E-state index in [9.17, 15) is 10.1 Å². The first kappa shape index (κ1) is 22.8. The number of hydrogen-bond donors (Lipinski definition) is 2. The number of carbonyl (C=O) groups excluding carboxylic acids is 1. The maximum Gasteiger partial charge on any atom is 0.223 e. The average Bonchev–Trinajstić information content (AvgIpc) is 2.74. The van der Waals surface area contributed by atoms with Gasteiger partial charge >= 0.3 is 0 Å². The summed E-state index contributed by atoms with van der Waals surface area (Å²) in [6.07, 6.45) is 4.88. The quantitative estimate of drug-likeness (QED) is 0.473. The predicted octanol–water partition coefficient (Wildman–Crippen LogP) is 4.04. The number of primary amides is 1. The molecule has 0 radical (unpaired) electrons. The van der Waals surface area contributed by atoms with Crippen molar-refractivity contribution in [3.63, 3.8) is 0 Å². The highest BCUT2D eigenvalue weighted by Gasteiger charge is 2.58. The normalized spacial score (nSPS) is 33.2. The van der Waals surface area contributed by atoms with Gasteiger partial charge in [-0.25, -0.2) is 0 Å². The summed E-state index contributed by atoms with van der Waals surface area (Å²) in [7, 11) is 0. The van der Waals surface area contributed by atoms with E-state index in [4.69, 9.17) is 21.2 Å². The van der Waals surface area contributed by atoms with Crippen molar-refractivity contribution in [1.29, 1.82) is 5.26 Å². The summed E-state index contributed by atoms with van der Waals surface area (Å²) in [5.41, 5.74) is 13.4. The van der Waals surface area contributed by atoms with Gasteiger partial charge in [0.15, 0.2) is 0 Å². The molecule has 4 aliphatic carbocycles. The maximum atomic E-state index is 12.2. The molecular formula is C26H36N4O2. The van der Waals surface area contributed by atoms with Gasteiger partial charge in [-0.15, -0.1) is 0 Å². The topological polar surface area (TPSA) is 114 Å². The van der Waals surface area contributed by atoms with Crippen LogP contribution in [0.2, 0.25) is 0 Å². The zero-order valence-electron chi connectivity index (χ0n) is 19.5. The van der Waals surface area contributed by atoms with E-state index >= 15 is 0 Å². The fourth-order valence-electron chi connectivity index (χ4n) is 6.41. The van der Waals surface area contributed by atoms with Crippen molar-refractivity contribution in [1.82, 2.24) is 0 Å². The lowest BCUT2D eigenvalue weighted by Crippen LogP contribution is -2.58. The molecule has 32 heavy (non-hydrogen) atoms. The van der Waals surface area contributed by atoms with Crippen LogP contribution in [0.3, 0.4) is 0 Å². The lowest BCUT2D eigenvalue weighted by Gasteiger charge is -2.57. The molecule has 1 amide bonds. The maximum absolute atomic E-state index is 12.2. The smallest absolute Gasteiger partial charge is 0.223 e. The molecule has 172 valence electrons. The van der Waals surface area contributed by atoms with Crippen LogP contribution in [0.1, 0.15) is 76.3 Å². The Bertz CT molecular complexity index is 916. The average molecular weight is 437 g/mol. The standard InChI is InChI=1S/C26H36N4O2/c1-16(2)19-6-4-17(5-7-19)15-32-25(3,8-9-27)23(28)30-22-20-10-18-11-21(22)14-26(12-18,13-20)24(29)31/h4-7,16,18,20-22H,8,10-15H2,1-3H3,(H2,28,30)(H2,29,31). The number of aliphatic imine (C=N–C) groups is 1. The molecule has 3 atom stereocenters. The third-order valence-electron chi connectivity index (χ3n) is 8.20. The number of amides is 1. The van der Waals surface area contributed by atoms with Gasteiger partial charge < -0.3 is 16.2 Å². The molecule has 0 heterocycles. The Balaban J connectivity index is 1.49. The van der Waals surface area contributed by atoms with Crippen molar-refractivity contribution >= 4 is 11.7 Å². The van der Waals surface area contributed by atoms with Crippen molar-refractivity contribution in [2.45, 2.75) is 83.5 Å². The number of hydrogen-bond acceptors (Lipinski definition) is 4. The molecule has 1 aromatic carbocycles. The molecule has 3 unspecified atom stereocenters.